The highest BCUT2D eigenvalue weighted by Crippen LogP contribution is 2.26. The maximum Gasteiger partial charge on any atom is 0.261 e. The van der Waals surface area contributed by atoms with Crippen molar-refractivity contribution < 1.29 is 42.8 Å². The second kappa shape index (κ2) is 34.6. The third kappa shape index (κ3) is 25.1. The number of halogens is 1. The molecular formula is C47H81IN2O3. The molecule has 0 aliphatic heterocycles. The lowest BCUT2D eigenvalue weighted by molar-refractivity contribution is -0.701. The summed E-state index contributed by atoms with van der Waals surface area (Å²) in [6.07, 6.45) is 36.9. The molecule has 2 rings (SSSR count). The van der Waals surface area contributed by atoms with Crippen molar-refractivity contribution in [2.24, 2.45) is 0 Å². The van der Waals surface area contributed by atoms with Gasteiger partial charge >= 0.3 is 0 Å². The molecule has 1 aromatic carbocycles. The highest BCUT2D eigenvalue weighted by atomic mass is 127. The molecule has 1 aromatic heterocycles. The Bertz CT molecular complexity index is 1140. The number of nitrogens with zero attached hydrogens (tertiary/aromatic N) is 1. The molecule has 0 radical (unpaired) electrons. The molecule has 0 saturated carbocycles. The zero-order valence-electron chi connectivity index (χ0n) is 34.9. The van der Waals surface area contributed by atoms with E-state index in [0.29, 0.717) is 6.54 Å². The molecule has 1 amide bonds. The minimum absolute atomic E-state index is 0. The van der Waals surface area contributed by atoms with E-state index in [-0.39, 0.29) is 29.9 Å². The van der Waals surface area contributed by atoms with Gasteiger partial charge in [-0.2, -0.15) is 0 Å². The summed E-state index contributed by atoms with van der Waals surface area (Å²) in [6.45, 7) is 10.9. The summed E-state index contributed by atoms with van der Waals surface area (Å²) in [4.78, 5) is 13.5. The van der Waals surface area contributed by atoms with E-state index in [1.165, 1.54) is 148 Å². The predicted molar refractivity (Wildman–Crippen MR) is 221 cm³/mol. The van der Waals surface area contributed by atoms with E-state index in [2.05, 4.69) is 55.9 Å². The summed E-state index contributed by atoms with van der Waals surface area (Å²) >= 11 is 0. The van der Waals surface area contributed by atoms with Gasteiger partial charge in [0.25, 0.3) is 5.91 Å². The predicted octanol–water partition coefficient (Wildman–Crippen LogP) is 10.3. The number of aryl methyl sites for hydroxylation is 2. The number of unbranched alkanes of at least 4 members (excludes halogenated alkanes) is 24. The molecule has 1 unspecified atom stereocenters. The van der Waals surface area contributed by atoms with Crippen molar-refractivity contribution in [1.29, 1.82) is 0 Å². The van der Waals surface area contributed by atoms with Crippen LogP contribution in [0.15, 0.2) is 42.6 Å². The SMILES string of the molecule is CCCCCCCCCCCCCCCCC(Oc1ccc(OCCCCCCCCCCCCCC)cc1C)C(=O)NCc1cccc[n+]1CC.[I-]. The van der Waals surface area contributed by atoms with Gasteiger partial charge < -0.3 is 38.8 Å². The van der Waals surface area contributed by atoms with Crippen LogP contribution in [0, 0.1) is 6.92 Å². The Morgan fingerprint density at radius 1 is 0.642 bits per heavy atom. The fourth-order valence-electron chi connectivity index (χ4n) is 7.17. The standard InChI is InChI=1S/C47H80N2O3.HI/c1-5-8-10-12-14-16-18-20-21-22-24-26-28-30-35-46(47(50)48-41-43-34-31-32-38-49(43)7-3)52-45-37-36-44(40-42(45)4)51-39-33-29-27-25-23-19-17-15-13-11-9-6-2;/h31-32,34,36-38,40,46H,5-30,33,35,39,41H2,1-4H3;1H. The second-order valence-corrected chi connectivity index (χ2v) is 15.4. The molecule has 0 bridgehead atoms. The minimum Gasteiger partial charge on any atom is -1.00 e. The van der Waals surface area contributed by atoms with E-state index in [1.54, 1.807) is 0 Å². The molecule has 0 fully saturated rings. The van der Waals surface area contributed by atoms with Gasteiger partial charge in [-0.15, -0.1) is 0 Å². The van der Waals surface area contributed by atoms with E-state index in [0.717, 1.165) is 61.6 Å². The number of carbonyl (C=O) groups is 1. The monoisotopic (exact) mass is 849 g/mol. The molecule has 53 heavy (non-hydrogen) atoms. The van der Waals surface area contributed by atoms with Gasteiger partial charge in [-0.3, -0.25) is 4.79 Å². The first-order chi connectivity index (χ1) is 25.6. The van der Waals surface area contributed by atoms with Crippen molar-refractivity contribution in [3.05, 3.63) is 53.9 Å². The average Bonchev–Trinajstić information content (AvgIpc) is 3.16. The summed E-state index contributed by atoms with van der Waals surface area (Å²) in [7, 11) is 0. The summed E-state index contributed by atoms with van der Waals surface area (Å²) in [5.41, 5.74) is 2.11. The molecule has 0 saturated heterocycles. The molecule has 1 heterocycles. The van der Waals surface area contributed by atoms with Crippen molar-refractivity contribution in [3.63, 3.8) is 0 Å². The van der Waals surface area contributed by atoms with Crippen LogP contribution in [0.25, 0.3) is 0 Å². The van der Waals surface area contributed by atoms with Crippen LogP contribution in [0.3, 0.4) is 0 Å². The van der Waals surface area contributed by atoms with Gasteiger partial charge in [0, 0.05) is 12.1 Å². The molecule has 304 valence electrons. The van der Waals surface area contributed by atoms with Crippen LogP contribution in [0.1, 0.15) is 205 Å². The van der Waals surface area contributed by atoms with Crippen molar-refractivity contribution in [2.45, 2.75) is 220 Å². The highest BCUT2D eigenvalue weighted by molar-refractivity contribution is 5.81. The lowest BCUT2D eigenvalue weighted by Crippen LogP contribution is -3.00. The van der Waals surface area contributed by atoms with Gasteiger partial charge in [-0.1, -0.05) is 174 Å². The molecule has 0 spiro atoms. The minimum atomic E-state index is -0.511. The van der Waals surface area contributed by atoms with Gasteiger partial charge in [0.15, 0.2) is 12.3 Å². The first-order valence-electron chi connectivity index (χ1n) is 22.2. The topological polar surface area (TPSA) is 51.4 Å². The van der Waals surface area contributed by atoms with Crippen LogP contribution >= 0.6 is 0 Å². The number of amides is 1. The average molecular weight is 849 g/mol. The first kappa shape index (κ1) is 49.2. The van der Waals surface area contributed by atoms with E-state index in [1.807, 2.05) is 24.3 Å². The van der Waals surface area contributed by atoms with Crippen LogP contribution < -0.4 is 43.3 Å². The highest BCUT2D eigenvalue weighted by Gasteiger charge is 2.22. The third-order valence-electron chi connectivity index (χ3n) is 10.6. The van der Waals surface area contributed by atoms with Crippen molar-refractivity contribution in [2.75, 3.05) is 6.61 Å². The Labute approximate surface area is 344 Å². The number of rotatable bonds is 35. The van der Waals surface area contributed by atoms with Crippen molar-refractivity contribution in [3.8, 4) is 11.5 Å². The molecule has 2 aromatic rings. The maximum absolute atomic E-state index is 13.5. The smallest absolute Gasteiger partial charge is 0.261 e. The van der Waals surface area contributed by atoms with Crippen molar-refractivity contribution >= 4 is 5.91 Å². The molecule has 1 atom stereocenters. The third-order valence-corrected chi connectivity index (χ3v) is 10.6. The van der Waals surface area contributed by atoms with Gasteiger partial charge in [0.2, 0.25) is 5.69 Å². The van der Waals surface area contributed by atoms with Gasteiger partial charge in [0.05, 0.1) is 6.61 Å². The Balaban J connectivity index is 0.0000140. The largest absolute Gasteiger partial charge is 1.00 e. The fourth-order valence-corrected chi connectivity index (χ4v) is 7.17. The van der Waals surface area contributed by atoms with E-state index < -0.39 is 6.10 Å². The Morgan fingerprint density at radius 3 is 1.62 bits per heavy atom. The lowest BCUT2D eigenvalue weighted by atomic mass is 10.0. The van der Waals surface area contributed by atoms with E-state index in [9.17, 15) is 4.79 Å². The number of aromatic nitrogens is 1. The van der Waals surface area contributed by atoms with Gasteiger partial charge in [-0.25, -0.2) is 4.57 Å². The first-order valence-corrected chi connectivity index (χ1v) is 22.2. The Morgan fingerprint density at radius 2 is 1.13 bits per heavy atom. The van der Waals surface area contributed by atoms with E-state index in [4.69, 9.17) is 9.47 Å². The van der Waals surface area contributed by atoms with Crippen LogP contribution in [-0.2, 0) is 17.9 Å². The second-order valence-electron chi connectivity index (χ2n) is 15.4. The maximum atomic E-state index is 13.5. The number of ether oxygens (including phenoxy) is 2. The summed E-state index contributed by atoms with van der Waals surface area (Å²) in [5, 5.41) is 3.18. The number of hydrogen-bond donors (Lipinski definition) is 1. The van der Waals surface area contributed by atoms with Crippen LogP contribution in [0.5, 0.6) is 11.5 Å². The number of carbonyl (C=O) groups excluding carboxylic acids is 1. The fraction of sp³-hybridized carbons (Fsp3) is 0.745. The van der Waals surface area contributed by atoms with Gasteiger partial charge in [-0.05, 0) is 56.9 Å². The lowest BCUT2D eigenvalue weighted by Gasteiger charge is -2.20. The molecular weight excluding hydrogens is 767 g/mol. The normalized spacial score (nSPS) is 11.6. The van der Waals surface area contributed by atoms with Crippen molar-refractivity contribution in [1.82, 2.24) is 5.32 Å². The number of nitrogens with one attached hydrogen (secondary N) is 1. The summed E-state index contributed by atoms with van der Waals surface area (Å²) in [5.74, 6) is 1.62. The van der Waals surface area contributed by atoms with Crippen LogP contribution in [-0.4, -0.2) is 18.6 Å². The number of pyridine rings is 1. The van der Waals surface area contributed by atoms with Gasteiger partial charge in [0.1, 0.15) is 24.6 Å². The molecule has 0 aliphatic rings. The molecule has 6 heteroatoms. The zero-order chi connectivity index (χ0) is 37.3. The van der Waals surface area contributed by atoms with Crippen LogP contribution in [0.4, 0.5) is 0 Å². The zero-order valence-corrected chi connectivity index (χ0v) is 37.0. The number of hydrogen-bond acceptors (Lipinski definition) is 3. The Hall–Kier alpha value is -1.83. The molecule has 5 nitrogen and oxygen atoms in total. The summed E-state index contributed by atoms with van der Waals surface area (Å²) < 4.78 is 14.8. The molecule has 1 N–H and O–H groups in total. The summed E-state index contributed by atoms with van der Waals surface area (Å²) in [6, 6.07) is 12.2. The Kier molecular flexibility index (Phi) is 32.2. The number of benzene rings is 1. The van der Waals surface area contributed by atoms with Crippen LogP contribution in [0.2, 0.25) is 0 Å². The molecule has 0 aliphatic carbocycles. The van der Waals surface area contributed by atoms with E-state index >= 15 is 0 Å². The quantitative estimate of drug-likeness (QED) is 0.0427.